The van der Waals surface area contributed by atoms with E-state index in [1.165, 1.54) is 0 Å². The summed E-state index contributed by atoms with van der Waals surface area (Å²) < 4.78 is 6.34. The molecule has 1 aromatic heterocycles. The molecule has 2 aromatic carbocycles. The summed E-state index contributed by atoms with van der Waals surface area (Å²) in [6.07, 6.45) is -0.951. The van der Waals surface area contributed by atoms with Crippen molar-refractivity contribution >= 4 is 27.8 Å². The van der Waals surface area contributed by atoms with Crippen molar-refractivity contribution in [3.63, 3.8) is 0 Å². The van der Waals surface area contributed by atoms with Gasteiger partial charge >= 0.3 is 6.09 Å². The molecule has 0 aliphatic carbocycles. The molecule has 1 heterocycles. The molecule has 0 spiro atoms. The van der Waals surface area contributed by atoms with E-state index in [-0.39, 0.29) is 6.10 Å². The average Bonchev–Trinajstić information content (AvgIpc) is 3.04. The first-order valence-electron chi connectivity index (χ1n) is 7.33. The number of aromatic amines is 1. The van der Waals surface area contributed by atoms with Crippen molar-refractivity contribution in [2.24, 2.45) is 0 Å². The van der Waals surface area contributed by atoms with Gasteiger partial charge in [-0.05, 0) is 24.6 Å². The molecule has 0 aliphatic heterocycles. The maximum Gasteiger partial charge on any atom is 0.413 e. The van der Waals surface area contributed by atoms with Gasteiger partial charge in [0.15, 0.2) is 5.82 Å². The number of H-pyrrole nitrogens is 1. The standard InChI is InChI=1S/C17H15BrN4O2/c1-11(12-5-3-2-4-6-12)24-17(23)19-16-15(20-22-21-16)13-7-9-14(18)10-8-13/h2-11H,1H3,(H2,19,20,21,22,23)/t11-/m1/s1. The molecule has 7 heteroatoms. The molecule has 3 aromatic rings. The molecular formula is C17H15BrN4O2. The van der Waals surface area contributed by atoms with Crippen LogP contribution in [0.5, 0.6) is 0 Å². The monoisotopic (exact) mass is 386 g/mol. The van der Waals surface area contributed by atoms with E-state index >= 15 is 0 Å². The summed E-state index contributed by atoms with van der Waals surface area (Å²) >= 11 is 3.38. The Hall–Kier alpha value is -2.67. The summed E-state index contributed by atoms with van der Waals surface area (Å²) in [6, 6.07) is 17.1. The lowest BCUT2D eigenvalue weighted by atomic mass is 10.1. The van der Waals surface area contributed by atoms with Crippen LogP contribution < -0.4 is 5.32 Å². The fourth-order valence-electron chi connectivity index (χ4n) is 2.21. The van der Waals surface area contributed by atoms with Gasteiger partial charge in [-0.1, -0.05) is 58.4 Å². The van der Waals surface area contributed by atoms with Gasteiger partial charge in [-0.25, -0.2) is 4.79 Å². The number of ether oxygens (including phenoxy) is 1. The largest absolute Gasteiger partial charge is 0.441 e. The first kappa shape index (κ1) is 16.2. The SMILES string of the molecule is C[C@@H](OC(=O)Nc1n[nH]nc1-c1ccc(Br)cc1)c1ccccc1. The Labute approximate surface area is 147 Å². The number of benzene rings is 2. The molecule has 0 unspecified atom stereocenters. The Balaban J connectivity index is 1.69. The van der Waals surface area contributed by atoms with Crippen LogP contribution in [-0.2, 0) is 4.74 Å². The van der Waals surface area contributed by atoms with E-state index in [1.54, 1.807) is 0 Å². The molecule has 0 saturated heterocycles. The van der Waals surface area contributed by atoms with E-state index in [2.05, 4.69) is 36.7 Å². The highest BCUT2D eigenvalue weighted by atomic mass is 79.9. The summed E-state index contributed by atoms with van der Waals surface area (Å²) in [5, 5.41) is 13.2. The van der Waals surface area contributed by atoms with Crippen LogP contribution in [0, 0.1) is 0 Å². The van der Waals surface area contributed by atoms with Crippen molar-refractivity contribution in [2.45, 2.75) is 13.0 Å². The molecule has 1 amide bonds. The Kier molecular flexibility index (Phi) is 4.90. The van der Waals surface area contributed by atoms with Crippen LogP contribution in [0.2, 0.25) is 0 Å². The van der Waals surface area contributed by atoms with Crippen molar-refractivity contribution in [2.75, 3.05) is 5.32 Å². The third-order valence-corrected chi connectivity index (χ3v) is 3.97. The van der Waals surface area contributed by atoms with E-state index in [9.17, 15) is 4.79 Å². The van der Waals surface area contributed by atoms with E-state index in [1.807, 2.05) is 61.5 Å². The third kappa shape index (κ3) is 3.80. The molecule has 0 bridgehead atoms. The zero-order valence-corrected chi connectivity index (χ0v) is 14.4. The van der Waals surface area contributed by atoms with Crippen LogP contribution >= 0.6 is 15.9 Å². The highest BCUT2D eigenvalue weighted by Gasteiger charge is 2.16. The number of carbonyl (C=O) groups excluding carboxylic acids is 1. The van der Waals surface area contributed by atoms with Crippen molar-refractivity contribution in [1.82, 2.24) is 15.4 Å². The lowest BCUT2D eigenvalue weighted by molar-refractivity contribution is 0.121. The zero-order chi connectivity index (χ0) is 16.9. The molecule has 0 saturated carbocycles. The van der Waals surface area contributed by atoms with Gasteiger partial charge in [0.1, 0.15) is 11.8 Å². The maximum atomic E-state index is 12.1. The number of carbonyl (C=O) groups is 1. The van der Waals surface area contributed by atoms with Gasteiger partial charge in [0.2, 0.25) is 0 Å². The molecule has 24 heavy (non-hydrogen) atoms. The third-order valence-electron chi connectivity index (χ3n) is 3.44. The predicted molar refractivity (Wildman–Crippen MR) is 94.5 cm³/mol. The van der Waals surface area contributed by atoms with Crippen LogP contribution in [-0.4, -0.2) is 21.5 Å². The van der Waals surface area contributed by atoms with Gasteiger partial charge < -0.3 is 4.74 Å². The van der Waals surface area contributed by atoms with E-state index in [4.69, 9.17) is 4.74 Å². The van der Waals surface area contributed by atoms with Crippen LogP contribution in [0.25, 0.3) is 11.3 Å². The number of aromatic nitrogens is 3. The van der Waals surface area contributed by atoms with Crippen molar-refractivity contribution < 1.29 is 9.53 Å². The van der Waals surface area contributed by atoms with Crippen LogP contribution in [0.1, 0.15) is 18.6 Å². The summed E-state index contributed by atoms with van der Waals surface area (Å²) in [7, 11) is 0. The highest BCUT2D eigenvalue weighted by Crippen LogP contribution is 2.25. The fraction of sp³-hybridized carbons (Fsp3) is 0.118. The van der Waals surface area contributed by atoms with Gasteiger partial charge in [-0.3, -0.25) is 5.32 Å². The van der Waals surface area contributed by atoms with E-state index in [0.29, 0.717) is 11.5 Å². The highest BCUT2D eigenvalue weighted by molar-refractivity contribution is 9.10. The summed E-state index contributed by atoms with van der Waals surface area (Å²) in [5.74, 6) is 0.322. The second-order valence-corrected chi connectivity index (χ2v) is 6.03. The second-order valence-electron chi connectivity index (χ2n) is 5.11. The normalized spacial score (nSPS) is 11.8. The van der Waals surface area contributed by atoms with Crippen LogP contribution in [0.15, 0.2) is 59.1 Å². The lowest BCUT2D eigenvalue weighted by Crippen LogP contribution is -2.16. The minimum absolute atomic E-state index is 0.322. The molecule has 2 N–H and O–H groups in total. The molecule has 3 rings (SSSR count). The average molecular weight is 387 g/mol. The van der Waals surface area contributed by atoms with Crippen LogP contribution in [0.4, 0.5) is 10.6 Å². The quantitative estimate of drug-likeness (QED) is 0.689. The molecule has 0 fully saturated rings. The predicted octanol–water partition coefficient (Wildman–Crippen LogP) is 4.54. The molecule has 0 radical (unpaired) electrons. The summed E-state index contributed by atoms with van der Waals surface area (Å²) in [6.45, 7) is 1.81. The van der Waals surface area contributed by atoms with E-state index in [0.717, 1.165) is 15.6 Å². The zero-order valence-electron chi connectivity index (χ0n) is 12.9. The number of nitrogens with one attached hydrogen (secondary N) is 2. The maximum absolute atomic E-state index is 12.1. The van der Waals surface area contributed by atoms with E-state index < -0.39 is 6.09 Å². The fourth-order valence-corrected chi connectivity index (χ4v) is 2.47. The van der Waals surface area contributed by atoms with Gasteiger partial charge in [-0.15, -0.1) is 5.10 Å². The first-order valence-corrected chi connectivity index (χ1v) is 8.12. The molecule has 0 aliphatic rings. The van der Waals surface area contributed by atoms with Gasteiger partial charge in [0.05, 0.1) is 0 Å². The Bertz CT molecular complexity index is 818. The topological polar surface area (TPSA) is 79.9 Å². The molecule has 6 nitrogen and oxygen atoms in total. The number of halogens is 1. The Morgan fingerprint density at radius 1 is 1.12 bits per heavy atom. The number of amides is 1. The first-order chi connectivity index (χ1) is 11.6. The molecule has 122 valence electrons. The smallest absolute Gasteiger partial charge is 0.413 e. The Morgan fingerprint density at radius 2 is 1.83 bits per heavy atom. The number of hydrogen-bond donors (Lipinski definition) is 2. The van der Waals surface area contributed by atoms with Crippen molar-refractivity contribution in [3.8, 4) is 11.3 Å². The van der Waals surface area contributed by atoms with Crippen LogP contribution in [0.3, 0.4) is 0 Å². The summed E-state index contributed by atoms with van der Waals surface area (Å²) in [4.78, 5) is 12.1. The number of anilines is 1. The minimum Gasteiger partial charge on any atom is -0.441 e. The number of hydrogen-bond acceptors (Lipinski definition) is 4. The summed E-state index contributed by atoms with van der Waals surface area (Å²) in [5.41, 5.74) is 2.30. The van der Waals surface area contributed by atoms with Gasteiger partial charge in [0, 0.05) is 10.0 Å². The number of nitrogens with zero attached hydrogens (tertiary/aromatic N) is 2. The van der Waals surface area contributed by atoms with Gasteiger partial charge in [0.25, 0.3) is 0 Å². The Morgan fingerprint density at radius 3 is 2.54 bits per heavy atom. The van der Waals surface area contributed by atoms with Crippen molar-refractivity contribution in [1.29, 1.82) is 0 Å². The van der Waals surface area contributed by atoms with Crippen molar-refractivity contribution in [3.05, 3.63) is 64.6 Å². The lowest BCUT2D eigenvalue weighted by Gasteiger charge is -2.13. The molecular weight excluding hydrogens is 372 g/mol. The van der Waals surface area contributed by atoms with Gasteiger partial charge in [-0.2, -0.15) is 10.3 Å². The second kappa shape index (κ2) is 7.27. The number of rotatable bonds is 4. The molecule has 1 atom stereocenters. The minimum atomic E-state index is -0.585.